The molecule has 5 nitrogen and oxygen atoms in total. The predicted molar refractivity (Wildman–Crippen MR) is 95.7 cm³/mol. The van der Waals surface area contributed by atoms with Gasteiger partial charge in [-0.1, -0.05) is 6.07 Å². The number of aryl methyl sites for hydroxylation is 1. The van der Waals surface area contributed by atoms with Crippen LogP contribution in [0.3, 0.4) is 0 Å². The first-order chi connectivity index (χ1) is 12.5. The summed E-state index contributed by atoms with van der Waals surface area (Å²) >= 11 is 0. The zero-order chi connectivity index (χ0) is 18.7. The van der Waals surface area contributed by atoms with Crippen LogP contribution in [0, 0.1) is 17.1 Å². The number of hydrogen-bond donors (Lipinski definition) is 1. The van der Waals surface area contributed by atoms with E-state index in [4.69, 9.17) is 0 Å². The number of hydrogen-bond acceptors (Lipinski definition) is 4. The average Bonchev–Trinajstić information content (AvgIpc) is 3.04. The molecular weight excluding hydrogens is 331 g/mol. The van der Waals surface area contributed by atoms with E-state index in [0.717, 1.165) is 11.1 Å². The minimum atomic E-state index is -0.826. The Bertz CT molecular complexity index is 972. The first-order valence-electron chi connectivity index (χ1n) is 8.41. The smallest absolute Gasteiger partial charge is 0.165 e. The molecule has 26 heavy (non-hydrogen) atoms. The first-order valence-corrected chi connectivity index (χ1v) is 8.41. The monoisotopic (exact) mass is 350 g/mol. The van der Waals surface area contributed by atoms with Crippen molar-refractivity contribution in [3.8, 4) is 17.3 Å². The van der Waals surface area contributed by atoms with Crippen molar-refractivity contribution in [2.24, 2.45) is 0 Å². The molecule has 0 aliphatic rings. The van der Waals surface area contributed by atoms with E-state index in [1.807, 2.05) is 25.3 Å². The Morgan fingerprint density at radius 3 is 2.81 bits per heavy atom. The third-order valence-electron chi connectivity index (χ3n) is 4.26. The first kappa shape index (κ1) is 17.8. The summed E-state index contributed by atoms with van der Waals surface area (Å²) in [7, 11) is 0. The minimum Gasteiger partial charge on any atom is -0.389 e. The van der Waals surface area contributed by atoms with Gasteiger partial charge in [0.05, 0.1) is 11.8 Å². The van der Waals surface area contributed by atoms with Gasteiger partial charge in [-0.05, 0) is 49.2 Å². The van der Waals surface area contributed by atoms with Crippen LogP contribution in [0.1, 0.15) is 42.3 Å². The van der Waals surface area contributed by atoms with Crippen LogP contribution in [0.15, 0.2) is 42.7 Å². The molecule has 2 aromatic heterocycles. The van der Waals surface area contributed by atoms with Crippen LogP contribution in [0.25, 0.3) is 11.3 Å². The summed E-state index contributed by atoms with van der Waals surface area (Å²) in [5, 5.41) is 23.6. The van der Waals surface area contributed by atoms with Crippen molar-refractivity contribution in [1.82, 2.24) is 14.8 Å². The quantitative estimate of drug-likeness (QED) is 0.763. The molecule has 0 amide bonds. The predicted octanol–water partition coefficient (Wildman–Crippen LogP) is 3.62. The number of nitrogens with zero attached hydrogens (tertiary/aromatic N) is 4. The summed E-state index contributed by atoms with van der Waals surface area (Å²) in [5.74, 6) is -0.405. The molecule has 1 N–H and O–H groups in total. The van der Waals surface area contributed by atoms with E-state index in [-0.39, 0.29) is 0 Å². The van der Waals surface area contributed by atoms with Crippen LogP contribution in [0.4, 0.5) is 4.39 Å². The molecule has 0 aliphatic heterocycles. The van der Waals surface area contributed by atoms with Crippen LogP contribution < -0.4 is 0 Å². The molecule has 0 saturated heterocycles. The fourth-order valence-corrected chi connectivity index (χ4v) is 2.97. The lowest BCUT2D eigenvalue weighted by Gasteiger charge is -2.14. The van der Waals surface area contributed by atoms with Crippen LogP contribution in [0.2, 0.25) is 0 Å². The third-order valence-corrected chi connectivity index (χ3v) is 4.26. The molecule has 0 fully saturated rings. The van der Waals surface area contributed by atoms with Crippen LogP contribution in [0.5, 0.6) is 0 Å². The van der Waals surface area contributed by atoms with Gasteiger partial charge in [-0.3, -0.25) is 9.67 Å². The van der Waals surface area contributed by atoms with Gasteiger partial charge in [-0.25, -0.2) is 4.39 Å². The maximum absolute atomic E-state index is 13.6. The standard InChI is InChI=1S/C20H19FN4O/c1-3-25-12-15(19(11-22)24-25)9-14-5-4-8-23-20(14)17-7-6-16(21)10-18(17)13(2)26/h4-8,10,12-13,26H,3,9H2,1-2H3/t13-/m1/s1. The Balaban J connectivity index is 2.08. The molecule has 0 bridgehead atoms. The van der Waals surface area contributed by atoms with E-state index in [1.165, 1.54) is 12.1 Å². The summed E-state index contributed by atoms with van der Waals surface area (Å²) in [4.78, 5) is 4.46. The molecule has 0 spiro atoms. The Hall–Kier alpha value is -3.04. The molecule has 2 heterocycles. The van der Waals surface area contributed by atoms with E-state index >= 15 is 0 Å². The second kappa shape index (κ2) is 7.46. The largest absolute Gasteiger partial charge is 0.389 e. The molecule has 1 atom stereocenters. The van der Waals surface area contributed by atoms with Gasteiger partial charge in [0.15, 0.2) is 5.69 Å². The molecule has 3 rings (SSSR count). The van der Waals surface area contributed by atoms with Crippen molar-refractivity contribution in [3.63, 3.8) is 0 Å². The molecule has 6 heteroatoms. The van der Waals surface area contributed by atoms with E-state index in [2.05, 4.69) is 16.2 Å². The zero-order valence-corrected chi connectivity index (χ0v) is 14.6. The molecule has 0 saturated carbocycles. The Kier molecular flexibility index (Phi) is 5.10. The molecule has 0 unspecified atom stereocenters. The van der Waals surface area contributed by atoms with Gasteiger partial charge in [0.2, 0.25) is 0 Å². The van der Waals surface area contributed by atoms with Crippen molar-refractivity contribution in [2.45, 2.75) is 32.9 Å². The summed E-state index contributed by atoms with van der Waals surface area (Å²) < 4.78 is 15.4. The maximum Gasteiger partial charge on any atom is 0.165 e. The van der Waals surface area contributed by atoms with Gasteiger partial charge in [0, 0.05) is 36.5 Å². The fraction of sp³-hybridized carbons (Fsp3) is 0.250. The molecule has 132 valence electrons. The Labute approximate surface area is 151 Å². The SMILES string of the molecule is CCn1cc(Cc2cccnc2-c2ccc(F)cc2[C@@H](C)O)c(C#N)n1. The van der Waals surface area contributed by atoms with Gasteiger partial charge in [0.1, 0.15) is 11.9 Å². The highest BCUT2D eigenvalue weighted by atomic mass is 19.1. The van der Waals surface area contributed by atoms with Crippen molar-refractivity contribution in [3.05, 3.63) is 70.9 Å². The lowest BCUT2D eigenvalue weighted by atomic mass is 9.94. The Morgan fingerprint density at radius 1 is 1.31 bits per heavy atom. The summed E-state index contributed by atoms with van der Waals surface area (Å²) in [6, 6.07) is 10.2. The van der Waals surface area contributed by atoms with Gasteiger partial charge in [0.25, 0.3) is 0 Å². The second-order valence-corrected chi connectivity index (χ2v) is 6.07. The Morgan fingerprint density at radius 2 is 2.12 bits per heavy atom. The number of halogens is 1. The van der Waals surface area contributed by atoms with Gasteiger partial charge in [-0.15, -0.1) is 0 Å². The van der Waals surface area contributed by atoms with E-state index in [0.29, 0.717) is 35.5 Å². The van der Waals surface area contributed by atoms with E-state index in [9.17, 15) is 14.8 Å². The minimum absolute atomic E-state index is 0.386. The van der Waals surface area contributed by atoms with Gasteiger partial charge < -0.3 is 5.11 Å². The summed E-state index contributed by atoms with van der Waals surface area (Å²) in [6.07, 6.45) is 3.17. The molecule has 3 aromatic rings. The number of aromatic nitrogens is 3. The number of pyridine rings is 1. The number of aliphatic hydroxyl groups is 1. The fourth-order valence-electron chi connectivity index (χ4n) is 2.97. The molecule has 1 aromatic carbocycles. The molecular formula is C20H19FN4O. The highest BCUT2D eigenvalue weighted by Crippen LogP contribution is 2.31. The third kappa shape index (κ3) is 3.48. The summed E-state index contributed by atoms with van der Waals surface area (Å²) in [6.45, 7) is 4.24. The number of rotatable bonds is 5. The van der Waals surface area contributed by atoms with E-state index in [1.54, 1.807) is 23.9 Å². The lowest BCUT2D eigenvalue weighted by Crippen LogP contribution is -2.01. The highest BCUT2D eigenvalue weighted by molar-refractivity contribution is 5.68. The number of nitriles is 1. The normalized spacial score (nSPS) is 12.0. The van der Waals surface area contributed by atoms with Crippen LogP contribution in [-0.4, -0.2) is 19.9 Å². The van der Waals surface area contributed by atoms with Gasteiger partial charge >= 0.3 is 0 Å². The highest BCUT2D eigenvalue weighted by Gasteiger charge is 2.17. The van der Waals surface area contributed by atoms with Gasteiger partial charge in [-0.2, -0.15) is 10.4 Å². The van der Waals surface area contributed by atoms with Crippen molar-refractivity contribution in [2.75, 3.05) is 0 Å². The van der Waals surface area contributed by atoms with Crippen LogP contribution in [-0.2, 0) is 13.0 Å². The number of benzene rings is 1. The van der Waals surface area contributed by atoms with Crippen molar-refractivity contribution < 1.29 is 9.50 Å². The van der Waals surface area contributed by atoms with E-state index < -0.39 is 11.9 Å². The average molecular weight is 350 g/mol. The molecule has 0 aliphatic carbocycles. The second-order valence-electron chi connectivity index (χ2n) is 6.07. The summed E-state index contributed by atoms with van der Waals surface area (Å²) in [5.41, 5.74) is 3.90. The maximum atomic E-state index is 13.6. The van der Waals surface area contributed by atoms with Crippen LogP contribution >= 0.6 is 0 Å². The lowest BCUT2D eigenvalue weighted by molar-refractivity contribution is 0.199. The van der Waals surface area contributed by atoms with Crippen molar-refractivity contribution in [1.29, 1.82) is 5.26 Å². The van der Waals surface area contributed by atoms with Crippen molar-refractivity contribution >= 4 is 0 Å². The molecule has 0 radical (unpaired) electrons. The number of aliphatic hydroxyl groups excluding tert-OH is 1. The topological polar surface area (TPSA) is 74.7 Å². The zero-order valence-electron chi connectivity index (χ0n) is 14.6.